The number of nitrogens with zero attached hydrogens (tertiary/aromatic N) is 3. The highest BCUT2D eigenvalue weighted by atomic mass is 32.1. The molecule has 0 aliphatic rings. The molecular weight excluding hydrogens is 362 g/mol. The first-order chi connectivity index (χ1) is 13.1. The monoisotopic (exact) mass is 385 g/mol. The summed E-state index contributed by atoms with van der Waals surface area (Å²) in [6, 6.07) is 11.6. The highest BCUT2D eigenvalue weighted by molar-refractivity contribution is 7.13. The molecule has 6 nitrogen and oxygen atoms in total. The van der Waals surface area contributed by atoms with Crippen LogP contribution in [0.4, 0.5) is 0 Å². The fourth-order valence-electron chi connectivity index (χ4n) is 2.63. The summed E-state index contributed by atoms with van der Waals surface area (Å²) in [6.07, 6.45) is 0.0281. The first kappa shape index (κ1) is 19.1. The topological polar surface area (TPSA) is 68.5 Å². The van der Waals surface area contributed by atoms with Gasteiger partial charge in [0.15, 0.2) is 6.10 Å². The average Bonchev–Trinajstić information content (AvgIpc) is 3.36. The van der Waals surface area contributed by atoms with E-state index in [0.717, 1.165) is 10.4 Å². The lowest BCUT2D eigenvalue weighted by Gasteiger charge is -2.25. The lowest BCUT2D eigenvalue weighted by atomic mass is 10.2. The first-order valence-electron chi connectivity index (χ1n) is 8.99. The third-order valence-corrected chi connectivity index (χ3v) is 5.04. The average molecular weight is 385 g/mol. The van der Waals surface area contributed by atoms with Gasteiger partial charge in [-0.3, -0.25) is 4.79 Å². The van der Waals surface area contributed by atoms with Gasteiger partial charge >= 0.3 is 0 Å². The fourth-order valence-corrected chi connectivity index (χ4v) is 3.28. The Morgan fingerprint density at radius 2 is 2.04 bits per heavy atom. The van der Waals surface area contributed by atoms with Crippen molar-refractivity contribution >= 4 is 17.2 Å². The molecule has 27 heavy (non-hydrogen) atoms. The van der Waals surface area contributed by atoms with Gasteiger partial charge in [0.25, 0.3) is 5.91 Å². The van der Waals surface area contributed by atoms with Gasteiger partial charge in [-0.15, -0.1) is 11.3 Å². The van der Waals surface area contributed by atoms with Crippen molar-refractivity contribution in [3.8, 4) is 16.5 Å². The van der Waals surface area contributed by atoms with E-state index in [4.69, 9.17) is 9.26 Å². The van der Waals surface area contributed by atoms with E-state index in [1.165, 1.54) is 0 Å². The van der Waals surface area contributed by atoms with Crippen molar-refractivity contribution in [3.05, 3.63) is 53.2 Å². The van der Waals surface area contributed by atoms with Crippen molar-refractivity contribution in [1.29, 1.82) is 0 Å². The molecule has 0 saturated heterocycles. The summed E-state index contributed by atoms with van der Waals surface area (Å²) in [5, 5.41) is 5.96. The summed E-state index contributed by atoms with van der Waals surface area (Å²) in [7, 11) is 0. The van der Waals surface area contributed by atoms with E-state index in [0.29, 0.717) is 30.4 Å². The summed E-state index contributed by atoms with van der Waals surface area (Å²) >= 11 is 1.55. The summed E-state index contributed by atoms with van der Waals surface area (Å²) in [5.41, 5.74) is 1.15. The molecule has 1 atom stereocenters. The van der Waals surface area contributed by atoms with Crippen molar-refractivity contribution in [1.82, 2.24) is 15.0 Å². The SMILES string of the molecule is CC[C@@H](Oc1ccc(C)cc1)C(=O)N(CC)Cc1nc(-c2cccs2)no1. The minimum absolute atomic E-state index is 0.0866. The summed E-state index contributed by atoms with van der Waals surface area (Å²) < 4.78 is 11.2. The quantitative estimate of drug-likeness (QED) is 0.578. The summed E-state index contributed by atoms with van der Waals surface area (Å²) in [6.45, 7) is 6.67. The number of thiophene rings is 1. The number of rotatable bonds is 8. The molecule has 1 amide bonds. The molecule has 142 valence electrons. The van der Waals surface area contributed by atoms with E-state index in [2.05, 4.69) is 10.1 Å². The van der Waals surface area contributed by atoms with Crippen LogP contribution in [-0.4, -0.2) is 33.6 Å². The molecule has 2 heterocycles. The fraction of sp³-hybridized carbons (Fsp3) is 0.350. The number of carbonyl (C=O) groups is 1. The van der Waals surface area contributed by atoms with E-state index < -0.39 is 6.10 Å². The molecule has 0 spiro atoms. The molecule has 0 unspecified atom stereocenters. The number of hydrogen-bond acceptors (Lipinski definition) is 6. The van der Waals surface area contributed by atoms with E-state index >= 15 is 0 Å². The Labute approximate surface area is 162 Å². The Hall–Kier alpha value is -2.67. The van der Waals surface area contributed by atoms with Gasteiger partial charge in [-0.2, -0.15) is 4.98 Å². The number of carbonyl (C=O) groups excluding carboxylic acids is 1. The molecular formula is C20H23N3O3S. The third-order valence-electron chi connectivity index (χ3n) is 4.17. The Morgan fingerprint density at radius 3 is 2.67 bits per heavy atom. The lowest BCUT2D eigenvalue weighted by Crippen LogP contribution is -2.41. The van der Waals surface area contributed by atoms with Crippen LogP contribution in [0.2, 0.25) is 0 Å². The molecule has 0 radical (unpaired) electrons. The highest BCUT2D eigenvalue weighted by Crippen LogP contribution is 2.22. The zero-order chi connectivity index (χ0) is 19.2. The number of aryl methyl sites for hydroxylation is 1. The highest BCUT2D eigenvalue weighted by Gasteiger charge is 2.25. The first-order valence-corrected chi connectivity index (χ1v) is 9.87. The molecule has 0 fully saturated rings. The van der Waals surface area contributed by atoms with Crippen molar-refractivity contribution in [2.45, 2.75) is 39.8 Å². The maximum absolute atomic E-state index is 12.9. The molecule has 0 N–H and O–H groups in total. The molecule has 0 aliphatic heterocycles. The van der Waals surface area contributed by atoms with Gasteiger partial charge in [0.2, 0.25) is 11.7 Å². The van der Waals surface area contributed by atoms with Crippen LogP contribution in [-0.2, 0) is 11.3 Å². The molecule has 2 aromatic heterocycles. The second-order valence-electron chi connectivity index (χ2n) is 6.17. The van der Waals surface area contributed by atoms with Gasteiger partial charge < -0.3 is 14.2 Å². The standard InChI is InChI=1S/C20H23N3O3S/c1-4-16(25-15-10-8-14(3)9-11-15)20(24)23(5-2)13-18-21-19(22-26-18)17-7-6-12-27-17/h6-12,16H,4-5,13H2,1-3H3/t16-/m1/s1. The minimum Gasteiger partial charge on any atom is -0.481 e. The van der Waals surface area contributed by atoms with Crippen LogP contribution >= 0.6 is 11.3 Å². The van der Waals surface area contributed by atoms with Crippen molar-refractivity contribution in [3.63, 3.8) is 0 Å². The Morgan fingerprint density at radius 1 is 1.26 bits per heavy atom. The van der Waals surface area contributed by atoms with Crippen LogP contribution in [0, 0.1) is 6.92 Å². The van der Waals surface area contributed by atoms with E-state index in [-0.39, 0.29) is 12.5 Å². The van der Waals surface area contributed by atoms with Gasteiger partial charge in [-0.05, 0) is 43.8 Å². The van der Waals surface area contributed by atoms with Crippen LogP contribution in [0.15, 0.2) is 46.3 Å². The van der Waals surface area contributed by atoms with Crippen molar-refractivity contribution < 1.29 is 14.1 Å². The van der Waals surface area contributed by atoms with Gasteiger partial charge in [0, 0.05) is 6.54 Å². The maximum atomic E-state index is 12.9. The van der Waals surface area contributed by atoms with E-state index in [1.807, 2.05) is 62.5 Å². The lowest BCUT2D eigenvalue weighted by molar-refractivity contribution is -0.139. The molecule has 0 bridgehead atoms. The van der Waals surface area contributed by atoms with E-state index in [1.54, 1.807) is 16.2 Å². The molecule has 7 heteroatoms. The van der Waals surface area contributed by atoms with Crippen LogP contribution < -0.4 is 4.74 Å². The Kier molecular flexibility index (Phi) is 6.24. The van der Waals surface area contributed by atoms with Crippen LogP contribution in [0.5, 0.6) is 5.75 Å². The predicted molar refractivity (Wildman–Crippen MR) is 105 cm³/mol. The molecule has 0 saturated carbocycles. The van der Waals surface area contributed by atoms with Gasteiger partial charge in [-0.25, -0.2) is 0 Å². The normalized spacial score (nSPS) is 12.0. The molecule has 3 aromatic rings. The number of amides is 1. The number of aromatic nitrogens is 2. The predicted octanol–water partition coefficient (Wildman–Crippen LogP) is 4.31. The number of hydrogen-bond donors (Lipinski definition) is 0. The van der Waals surface area contributed by atoms with Gasteiger partial charge in [0.1, 0.15) is 12.3 Å². The number of likely N-dealkylation sites (N-methyl/N-ethyl adjacent to an activating group) is 1. The zero-order valence-electron chi connectivity index (χ0n) is 15.7. The van der Waals surface area contributed by atoms with Crippen LogP contribution in [0.1, 0.15) is 31.7 Å². The largest absolute Gasteiger partial charge is 0.481 e. The Bertz CT molecular complexity index is 859. The second-order valence-corrected chi connectivity index (χ2v) is 7.12. The summed E-state index contributed by atoms with van der Waals surface area (Å²) in [4.78, 5) is 19.9. The Balaban J connectivity index is 1.67. The third kappa shape index (κ3) is 4.74. The van der Waals surface area contributed by atoms with Crippen LogP contribution in [0.3, 0.4) is 0 Å². The number of benzene rings is 1. The molecule has 3 rings (SSSR count). The molecule has 0 aliphatic carbocycles. The van der Waals surface area contributed by atoms with Crippen molar-refractivity contribution in [2.75, 3.05) is 6.54 Å². The second kappa shape index (κ2) is 8.81. The maximum Gasteiger partial charge on any atom is 0.264 e. The van der Waals surface area contributed by atoms with Crippen LogP contribution in [0.25, 0.3) is 10.7 Å². The summed E-state index contributed by atoms with van der Waals surface area (Å²) in [5.74, 6) is 1.57. The molecule has 1 aromatic carbocycles. The zero-order valence-corrected chi connectivity index (χ0v) is 16.5. The van der Waals surface area contributed by atoms with Gasteiger partial charge in [0.05, 0.1) is 4.88 Å². The smallest absolute Gasteiger partial charge is 0.264 e. The van der Waals surface area contributed by atoms with Gasteiger partial charge in [-0.1, -0.05) is 35.8 Å². The van der Waals surface area contributed by atoms with E-state index in [9.17, 15) is 4.79 Å². The van der Waals surface area contributed by atoms with Crippen molar-refractivity contribution in [2.24, 2.45) is 0 Å². The minimum atomic E-state index is -0.549. The number of ether oxygens (including phenoxy) is 1.